The minimum absolute atomic E-state index is 0.259. The van der Waals surface area contributed by atoms with Gasteiger partial charge in [-0.3, -0.25) is 4.79 Å². The molecule has 1 aromatic carbocycles. The summed E-state index contributed by atoms with van der Waals surface area (Å²) in [6, 6.07) is 10.4. The number of nitrogens with zero attached hydrogens (tertiary/aromatic N) is 2. The van der Waals surface area contributed by atoms with E-state index in [4.69, 9.17) is 5.26 Å². The van der Waals surface area contributed by atoms with E-state index in [0.717, 1.165) is 0 Å². The van der Waals surface area contributed by atoms with Gasteiger partial charge in [-0.15, -0.1) is 0 Å². The quantitative estimate of drug-likeness (QED) is 0.807. The van der Waals surface area contributed by atoms with Gasteiger partial charge >= 0.3 is 0 Å². The number of aromatic nitrogens is 1. The van der Waals surface area contributed by atoms with E-state index in [9.17, 15) is 4.79 Å². The maximum Gasteiger partial charge on any atom is 0.257 e. The zero-order chi connectivity index (χ0) is 13.8. The lowest BCUT2D eigenvalue weighted by Crippen LogP contribution is -2.12. The first-order valence-corrected chi connectivity index (χ1v) is 6.81. The normalized spacial score (nSPS) is 9.74. The number of carbonyl (C=O) groups excluding carboxylic acids is 1. The number of hydrogen-bond donors (Lipinski definition) is 1. The summed E-state index contributed by atoms with van der Waals surface area (Å²) in [5.74, 6) is -0.259. The number of nitrogens with one attached hydrogen (secondary N) is 1. The van der Waals surface area contributed by atoms with E-state index in [1.165, 1.54) is 6.20 Å². The van der Waals surface area contributed by atoms with Crippen LogP contribution in [0.15, 0.2) is 45.6 Å². The summed E-state index contributed by atoms with van der Waals surface area (Å²) < 4.78 is 1.33. The van der Waals surface area contributed by atoms with Crippen LogP contribution in [0.3, 0.4) is 0 Å². The minimum Gasteiger partial charge on any atom is -0.321 e. The van der Waals surface area contributed by atoms with Gasteiger partial charge in [0.25, 0.3) is 5.91 Å². The van der Waals surface area contributed by atoms with Crippen LogP contribution in [0.25, 0.3) is 0 Å². The predicted molar refractivity (Wildman–Crippen MR) is 78.7 cm³/mol. The van der Waals surface area contributed by atoms with E-state index in [2.05, 4.69) is 42.2 Å². The molecule has 0 aliphatic carbocycles. The molecular weight excluding hydrogens is 374 g/mol. The van der Waals surface area contributed by atoms with Gasteiger partial charge in [0.1, 0.15) is 4.60 Å². The largest absolute Gasteiger partial charge is 0.321 e. The lowest BCUT2D eigenvalue weighted by atomic mass is 10.2. The third-order valence-corrected chi connectivity index (χ3v) is 3.46. The first-order valence-electron chi connectivity index (χ1n) is 5.22. The average molecular weight is 381 g/mol. The highest BCUT2D eigenvalue weighted by Crippen LogP contribution is 2.24. The van der Waals surface area contributed by atoms with Crippen molar-refractivity contribution < 1.29 is 4.79 Å². The average Bonchev–Trinajstić information content (AvgIpc) is 2.41. The molecule has 0 unspecified atom stereocenters. The Morgan fingerprint density at radius 3 is 2.63 bits per heavy atom. The van der Waals surface area contributed by atoms with E-state index in [1.54, 1.807) is 30.3 Å². The van der Waals surface area contributed by atoms with Crippen LogP contribution >= 0.6 is 31.9 Å². The van der Waals surface area contributed by atoms with Crippen LogP contribution in [0.4, 0.5) is 5.69 Å². The van der Waals surface area contributed by atoms with Gasteiger partial charge in [0, 0.05) is 10.7 Å². The minimum atomic E-state index is -0.259. The van der Waals surface area contributed by atoms with Gasteiger partial charge in [0.2, 0.25) is 0 Å². The molecule has 6 heteroatoms. The molecule has 19 heavy (non-hydrogen) atoms. The standard InChI is InChI=1S/C13H7Br2N3O/c14-10-5-8(6-16)1-3-11(10)18-13(19)9-2-4-12(15)17-7-9/h1-5,7H,(H,18,19). The lowest BCUT2D eigenvalue weighted by Gasteiger charge is -2.07. The summed E-state index contributed by atoms with van der Waals surface area (Å²) >= 11 is 6.52. The Hall–Kier alpha value is -1.71. The number of rotatable bonds is 2. The molecule has 0 saturated heterocycles. The molecule has 4 nitrogen and oxygen atoms in total. The van der Waals surface area contributed by atoms with Crippen molar-refractivity contribution in [2.45, 2.75) is 0 Å². The summed E-state index contributed by atoms with van der Waals surface area (Å²) in [5.41, 5.74) is 1.58. The van der Waals surface area contributed by atoms with E-state index >= 15 is 0 Å². The van der Waals surface area contributed by atoms with Crippen molar-refractivity contribution >= 4 is 43.5 Å². The van der Waals surface area contributed by atoms with Crippen molar-refractivity contribution in [3.63, 3.8) is 0 Å². The Bertz CT molecular complexity index is 663. The van der Waals surface area contributed by atoms with Crippen LogP contribution in [-0.4, -0.2) is 10.9 Å². The third-order valence-electron chi connectivity index (χ3n) is 2.34. The maximum atomic E-state index is 12.0. The lowest BCUT2D eigenvalue weighted by molar-refractivity contribution is 0.102. The molecular formula is C13H7Br2N3O. The van der Waals surface area contributed by atoms with Crippen molar-refractivity contribution in [2.24, 2.45) is 0 Å². The summed E-state index contributed by atoms with van der Waals surface area (Å²) in [5, 5.41) is 11.5. The fourth-order valence-electron chi connectivity index (χ4n) is 1.39. The van der Waals surface area contributed by atoms with Crippen molar-refractivity contribution in [1.82, 2.24) is 4.98 Å². The first kappa shape index (κ1) is 13.7. The van der Waals surface area contributed by atoms with Gasteiger partial charge in [-0.2, -0.15) is 5.26 Å². The predicted octanol–water partition coefficient (Wildman–Crippen LogP) is 3.73. The van der Waals surface area contributed by atoms with Gasteiger partial charge < -0.3 is 5.32 Å². The molecule has 0 atom stereocenters. The van der Waals surface area contributed by atoms with Crippen LogP contribution in [-0.2, 0) is 0 Å². The van der Waals surface area contributed by atoms with Crippen LogP contribution in [0.1, 0.15) is 15.9 Å². The Kier molecular flexibility index (Phi) is 4.30. The molecule has 1 aromatic heterocycles. The number of anilines is 1. The molecule has 0 bridgehead atoms. The number of benzene rings is 1. The maximum absolute atomic E-state index is 12.0. The van der Waals surface area contributed by atoms with E-state index < -0.39 is 0 Å². The van der Waals surface area contributed by atoms with Gasteiger partial charge in [-0.05, 0) is 62.2 Å². The molecule has 0 aliphatic heterocycles. The topological polar surface area (TPSA) is 65.8 Å². The molecule has 1 heterocycles. The van der Waals surface area contributed by atoms with Gasteiger partial charge in [0.05, 0.1) is 22.9 Å². The Balaban J connectivity index is 2.20. The SMILES string of the molecule is N#Cc1ccc(NC(=O)c2ccc(Br)nc2)c(Br)c1. The second kappa shape index (κ2) is 5.95. The number of carbonyl (C=O) groups is 1. The number of hydrogen-bond acceptors (Lipinski definition) is 3. The number of amides is 1. The highest BCUT2D eigenvalue weighted by atomic mass is 79.9. The van der Waals surface area contributed by atoms with Crippen molar-refractivity contribution in [1.29, 1.82) is 5.26 Å². The van der Waals surface area contributed by atoms with Crippen LogP contribution in [0, 0.1) is 11.3 Å². The summed E-state index contributed by atoms with van der Waals surface area (Å²) in [4.78, 5) is 16.0. The molecule has 0 radical (unpaired) electrons. The van der Waals surface area contributed by atoms with Crippen LogP contribution < -0.4 is 5.32 Å². The fraction of sp³-hybridized carbons (Fsp3) is 0. The van der Waals surface area contributed by atoms with Crippen molar-refractivity contribution in [3.05, 3.63) is 56.7 Å². The van der Waals surface area contributed by atoms with E-state index in [0.29, 0.717) is 25.9 Å². The highest BCUT2D eigenvalue weighted by molar-refractivity contribution is 9.10. The molecule has 94 valence electrons. The molecule has 0 fully saturated rings. The van der Waals surface area contributed by atoms with Crippen molar-refractivity contribution in [3.8, 4) is 6.07 Å². The van der Waals surface area contributed by atoms with Crippen LogP contribution in [0.5, 0.6) is 0 Å². The van der Waals surface area contributed by atoms with E-state index in [1.807, 2.05) is 6.07 Å². The van der Waals surface area contributed by atoms with Gasteiger partial charge in [-0.25, -0.2) is 4.98 Å². The Morgan fingerprint density at radius 2 is 2.05 bits per heavy atom. The van der Waals surface area contributed by atoms with Crippen LogP contribution in [0.2, 0.25) is 0 Å². The second-order valence-electron chi connectivity index (χ2n) is 3.63. The summed E-state index contributed by atoms with van der Waals surface area (Å²) in [6.45, 7) is 0. The summed E-state index contributed by atoms with van der Waals surface area (Å²) in [6.07, 6.45) is 1.48. The Labute approximate surface area is 126 Å². The molecule has 1 N–H and O–H groups in total. The zero-order valence-electron chi connectivity index (χ0n) is 9.52. The number of nitriles is 1. The zero-order valence-corrected chi connectivity index (χ0v) is 12.7. The first-order chi connectivity index (χ1) is 9.10. The smallest absolute Gasteiger partial charge is 0.257 e. The third kappa shape index (κ3) is 3.40. The molecule has 0 spiro atoms. The molecule has 0 saturated carbocycles. The summed E-state index contributed by atoms with van der Waals surface area (Å²) in [7, 11) is 0. The molecule has 1 amide bonds. The van der Waals surface area contributed by atoms with Gasteiger partial charge in [-0.1, -0.05) is 0 Å². The van der Waals surface area contributed by atoms with Crippen molar-refractivity contribution in [2.75, 3.05) is 5.32 Å². The van der Waals surface area contributed by atoms with Gasteiger partial charge in [0.15, 0.2) is 0 Å². The molecule has 0 aliphatic rings. The highest BCUT2D eigenvalue weighted by Gasteiger charge is 2.09. The molecule has 2 aromatic rings. The fourth-order valence-corrected chi connectivity index (χ4v) is 2.10. The Morgan fingerprint density at radius 1 is 1.26 bits per heavy atom. The second-order valence-corrected chi connectivity index (χ2v) is 5.30. The molecule has 2 rings (SSSR count). The monoisotopic (exact) mass is 379 g/mol. The number of halogens is 2. The van der Waals surface area contributed by atoms with E-state index in [-0.39, 0.29) is 5.91 Å². The number of pyridine rings is 1.